The summed E-state index contributed by atoms with van der Waals surface area (Å²) in [6.07, 6.45) is 0.498. The quantitative estimate of drug-likeness (QED) is 0.585. The Hall–Kier alpha value is -3.33. The van der Waals surface area contributed by atoms with Gasteiger partial charge in [0.15, 0.2) is 0 Å². The van der Waals surface area contributed by atoms with Crippen LogP contribution in [0.3, 0.4) is 0 Å². The number of nitrogens with one attached hydrogen (secondary N) is 3. The topological polar surface area (TPSA) is 90.5 Å². The molecule has 3 atom stereocenters. The van der Waals surface area contributed by atoms with Gasteiger partial charge in [-0.05, 0) is 49.1 Å². The first-order valence-electron chi connectivity index (χ1n) is 11.6. The molecule has 3 N–H and O–H groups in total. The lowest BCUT2D eigenvalue weighted by atomic mass is 9.83. The van der Waals surface area contributed by atoms with Gasteiger partial charge in [-0.1, -0.05) is 51.1 Å². The van der Waals surface area contributed by atoms with Gasteiger partial charge in [-0.25, -0.2) is 8.78 Å². The van der Waals surface area contributed by atoms with Crippen molar-refractivity contribution in [1.29, 1.82) is 0 Å². The number of amides is 3. The molecule has 0 radical (unpaired) electrons. The van der Waals surface area contributed by atoms with Gasteiger partial charge in [0.1, 0.15) is 29.4 Å². The fourth-order valence-corrected chi connectivity index (χ4v) is 4.11. The lowest BCUT2D eigenvalue weighted by molar-refractivity contribution is -0.145. The van der Waals surface area contributed by atoms with Crippen molar-refractivity contribution in [2.75, 3.05) is 18.9 Å². The van der Waals surface area contributed by atoms with Crippen LogP contribution < -0.4 is 16.0 Å². The number of para-hydroxylation sites is 1. The largest absolute Gasteiger partial charge is 0.342 e. The zero-order valence-corrected chi connectivity index (χ0v) is 20.6. The predicted molar refractivity (Wildman–Crippen MR) is 129 cm³/mol. The van der Waals surface area contributed by atoms with E-state index in [0.717, 1.165) is 17.7 Å². The summed E-state index contributed by atoms with van der Waals surface area (Å²) >= 11 is 0. The second kappa shape index (κ2) is 10.5. The standard InChI is InChI=1S/C26H32F2N4O3/c1-15(29-5)23(33)31-22(26(2,3)4)25(35)32-14-13-16-9-6-7-10-17(16)21(32)24(34)30-20-18(27)11-8-12-19(20)28/h6-12,15,21-22,29H,13-14H2,1-5H3,(H,30,34)(H,31,33)/t15-,21?,22+/m0/s1. The van der Waals surface area contributed by atoms with Crippen LogP contribution in [0.15, 0.2) is 42.5 Å². The van der Waals surface area contributed by atoms with E-state index in [1.54, 1.807) is 26.1 Å². The molecule has 0 saturated carbocycles. The van der Waals surface area contributed by atoms with Gasteiger partial charge in [0.05, 0.1) is 6.04 Å². The zero-order chi connectivity index (χ0) is 25.9. The van der Waals surface area contributed by atoms with Crippen molar-refractivity contribution in [2.24, 2.45) is 5.41 Å². The van der Waals surface area contributed by atoms with E-state index in [4.69, 9.17) is 0 Å². The van der Waals surface area contributed by atoms with E-state index < -0.39 is 52.7 Å². The minimum Gasteiger partial charge on any atom is -0.342 e. The molecule has 35 heavy (non-hydrogen) atoms. The van der Waals surface area contributed by atoms with E-state index in [9.17, 15) is 23.2 Å². The number of benzene rings is 2. The van der Waals surface area contributed by atoms with Crippen LogP contribution >= 0.6 is 0 Å². The number of fused-ring (bicyclic) bond motifs is 1. The molecule has 0 saturated heterocycles. The van der Waals surface area contributed by atoms with Gasteiger partial charge in [0, 0.05) is 6.54 Å². The smallest absolute Gasteiger partial charge is 0.251 e. The molecular formula is C26H32F2N4O3. The van der Waals surface area contributed by atoms with Crippen LogP contribution in [0, 0.1) is 17.0 Å². The molecule has 1 aliphatic rings. The van der Waals surface area contributed by atoms with Gasteiger partial charge in [-0.15, -0.1) is 0 Å². The normalized spacial score (nSPS) is 17.2. The molecule has 0 bridgehead atoms. The van der Waals surface area contributed by atoms with Crippen molar-refractivity contribution in [1.82, 2.24) is 15.5 Å². The number of rotatable bonds is 6. The molecular weight excluding hydrogens is 454 g/mol. The number of hydrogen-bond acceptors (Lipinski definition) is 4. The predicted octanol–water partition coefficient (Wildman–Crippen LogP) is 3.17. The maximum absolute atomic E-state index is 14.3. The van der Waals surface area contributed by atoms with E-state index in [2.05, 4.69) is 16.0 Å². The Labute approximate surface area is 204 Å². The highest BCUT2D eigenvalue weighted by molar-refractivity contribution is 6.00. The van der Waals surface area contributed by atoms with Crippen LogP contribution in [0.5, 0.6) is 0 Å². The van der Waals surface area contributed by atoms with Crippen LogP contribution in [0.4, 0.5) is 14.5 Å². The summed E-state index contributed by atoms with van der Waals surface area (Å²) in [6, 6.07) is 7.87. The van der Waals surface area contributed by atoms with Gasteiger partial charge in [0.25, 0.3) is 5.91 Å². The number of carbonyl (C=O) groups is 3. The van der Waals surface area contributed by atoms with Gasteiger partial charge in [-0.3, -0.25) is 14.4 Å². The molecule has 0 spiro atoms. The summed E-state index contributed by atoms with van der Waals surface area (Å²) in [5, 5.41) is 8.00. The van der Waals surface area contributed by atoms with Crippen molar-refractivity contribution in [3.05, 3.63) is 65.2 Å². The Kier molecular flexibility index (Phi) is 7.90. The van der Waals surface area contributed by atoms with Crippen molar-refractivity contribution >= 4 is 23.4 Å². The van der Waals surface area contributed by atoms with Crippen molar-refractivity contribution in [3.8, 4) is 0 Å². The number of carbonyl (C=O) groups excluding carboxylic acids is 3. The number of hydrogen-bond donors (Lipinski definition) is 3. The fraction of sp³-hybridized carbons (Fsp3) is 0.423. The van der Waals surface area contributed by atoms with Gasteiger partial charge in [-0.2, -0.15) is 0 Å². The lowest BCUT2D eigenvalue weighted by Crippen LogP contribution is -2.59. The molecule has 1 heterocycles. The minimum atomic E-state index is -1.13. The third kappa shape index (κ3) is 5.67. The Bertz CT molecular complexity index is 1100. The zero-order valence-electron chi connectivity index (χ0n) is 20.6. The average Bonchev–Trinajstić information content (AvgIpc) is 2.82. The summed E-state index contributed by atoms with van der Waals surface area (Å²) in [6.45, 7) is 7.35. The SMILES string of the molecule is CN[C@@H](C)C(=O)N[C@H](C(=O)N1CCc2ccccc2C1C(=O)Nc1c(F)cccc1F)C(C)(C)C. The summed E-state index contributed by atoms with van der Waals surface area (Å²) < 4.78 is 28.6. The second-order valence-corrected chi connectivity index (χ2v) is 9.79. The first-order valence-corrected chi connectivity index (χ1v) is 11.6. The second-order valence-electron chi connectivity index (χ2n) is 9.79. The number of halogens is 2. The van der Waals surface area contributed by atoms with Crippen LogP contribution in [0.2, 0.25) is 0 Å². The van der Waals surface area contributed by atoms with Crippen molar-refractivity contribution in [2.45, 2.75) is 52.2 Å². The molecule has 0 fully saturated rings. The molecule has 9 heteroatoms. The maximum Gasteiger partial charge on any atom is 0.251 e. The van der Waals surface area contributed by atoms with Crippen LogP contribution in [-0.2, 0) is 20.8 Å². The molecule has 7 nitrogen and oxygen atoms in total. The number of anilines is 1. The Morgan fingerprint density at radius 1 is 1.03 bits per heavy atom. The summed E-state index contributed by atoms with van der Waals surface area (Å²) in [5.74, 6) is -3.37. The molecule has 0 aromatic heterocycles. The minimum absolute atomic E-state index is 0.206. The van der Waals surface area contributed by atoms with Crippen molar-refractivity contribution in [3.63, 3.8) is 0 Å². The maximum atomic E-state index is 14.3. The summed E-state index contributed by atoms with van der Waals surface area (Å²) in [4.78, 5) is 41.4. The van der Waals surface area contributed by atoms with Crippen LogP contribution in [-0.4, -0.2) is 48.3 Å². The van der Waals surface area contributed by atoms with E-state index in [0.29, 0.717) is 12.0 Å². The van der Waals surface area contributed by atoms with E-state index in [-0.39, 0.29) is 12.5 Å². The highest BCUT2D eigenvalue weighted by atomic mass is 19.1. The first kappa shape index (κ1) is 26.3. The van der Waals surface area contributed by atoms with Crippen LogP contribution in [0.25, 0.3) is 0 Å². The Balaban J connectivity index is 2.00. The monoisotopic (exact) mass is 486 g/mol. The van der Waals surface area contributed by atoms with Crippen LogP contribution in [0.1, 0.15) is 44.9 Å². The van der Waals surface area contributed by atoms with Gasteiger partial charge in [0.2, 0.25) is 11.8 Å². The number of nitrogens with zero attached hydrogens (tertiary/aromatic N) is 1. The van der Waals surface area contributed by atoms with E-state index in [1.807, 2.05) is 32.9 Å². The summed E-state index contributed by atoms with van der Waals surface area (Å²) in [7, 11) is 1.64. The highest BCUT2D eigenvalue weighted by Crippen LogP contribution is 2.34. The lowest BCUT2D eigenvalue weighted by Gasteiger charge is -2.41. The fourth-order valence-electron chi connectivity index (χ4n) is 4.11. The Morgan fingerprint density at radius 3 is 2.26 bits per heavy atom. The van der Waals surface area contributed by atoms with Crippen molar-refractivity contribution < 1.29 is 23.2 Å². The third-order valence-electron chi connectivity index (χ3n) is 6.25. The average molecular weight is 487 g/mol. The third-order valence-corrected chi connectivity index (χ3v) is 6.25. The molecule has 1 aliphatic heterocycles. The van der Waals surface area contributed by atoms with Gasteiger partial charge < -0.3 is 20.9 Å². The molecule has 0 aliphatic carbocycles. The first-order chi connectivity index (χ1) is 16.5. The Morgan fingerprint density at radius 2 is 1.66 bits per heavy atom. The molecule has 2 aromatic rings. The van der Waals surface area contributed by atoms with E-state index in [1.165, 1.54) is 11.0 Å². The molecule has 2 aromatic carbocycles. The number of likely N-dealkylation sites (N-methyl/N-ethyl adjacent to an activating group) is 1. The molecule has 3 rings (SSSR count). The summed E-state index contributed by atoms with van der Waals surface area (Å²) in [5.41, 5.74) is 0.196. The molecule has 188 valence electrons. The molecule has 1 unspecified atom stereocenters. The van der Waals surface area contributed by atoms with Gasteiger partial charge >= 0.3 is 0 Å². The highest BCUT2D eigenvalue weighted by Gasteiger charge is 2.43. The van der Waals surface area contributed by atoms with E-state index >= 15 is 0 Å². The molecule has 3 amide bonds.